The van der Waals surface area contributed by atoms with Gasteiger partial charge in [0.2, 0.25) is 0 Å². The van der Waals surface area contributed by atoms with Crippen LogP contribution >= 0.6 is 0 Å². The molecule has 0 aromatic heterocycles. The first kappa shape index (κ1) is 15.3. The third-order valence-electron chi connectivity index (χ3n) is 3.36. The van der Waals surface area contributed by atoms with Gasteiger partial charge in [-0.15, -0.1) is 0 Å². The highest BCUT2D eigenvalue weighted by Crippen LogP contribution is 2.30. The number of ether oxygens (including phenoxy) is 1. The Morgan fingerprint density at radius 2 is 2.24 bits per heavy atom. The molecule has 1 fully saturated rings. The highest BCUT2D eigenvalue weighted by atomic mass is 19.3. The van der Waals surface area contributed by atoms with Crippen molar-refractivity contribution in [3.05, 3.63) is 39.4 Å². The Morgan fingerprint density at radius 3 is 2.81 bits per heavy atom. The summed E-state index contributed by atoms with van der Waals surface area (Å²) in [5.74, 6) is -4.92. The zero-order valence-electron chi connectivity index (χ0n) is 11.3. The lowest BCUT2D eigenvalue weighted by Crippen LogP contribution is -2.27. The number of nitrogens with one attached hydrogen (secondary N) is 1. The van der Waals surface area contributed by atoms with E-state index in [0.29, 0.717) is 11.1 Å². The van der Waals surface area contributed by atoms with Crippen molar-refractivity contribution < 1.29 is 23.2 Å². The molecule has 1 heterocycles. The Labute approximate surface area is 119 Å². The molecule has 0 radical (unpaired) electrons. The Balaban J connectivity index is 1.92. The van der Waals surface area contributed by atoms with Crippen molar-refractivity contribution in [1.82, 2.24) is 5.32 Å². The lowest BCUT2D eigenvalue weighted by atomic mass is 10.1. The number of cyclic esters (lactones) is 1. The summed E-state index contributed by atoms with van der Waals surface area (Å²) >= 11 is 0. The second-order valence-electron chi connectivity index (χ2n) is 4.89. The molecule has 114 valence electrons. The highest BCUT2D eigenvalue weighted by Gasteiger charge is 2.50. The van der Waals surface area contributed by atoms with Gasteiger partial charge in [0, 0.05) is 24.7 Å². The molecule has 1 aliphatic rings. The number of rotatable bonds is 5. The van der Waals surface area contributed by atoms with E-state index in [-0.39, 0.29) is 18.8 Å². The lowest BCUT2D eigenvalue weighted by Gasteiger charge is -2.11. The van der Waals surface area contributed by atoms with Gasteiger partial charge >= 0.3 is 11.9 Å². The number of esters is 1. The first-order chi connectivity index (χ1) is 9.81. The van der Waals surface area contributed by atoms with E-state index in [1.807, 2.05) is 0 Å². The van der Waals surface area contributed by atoms with Crippen LogP contribution in [0, 0.1) is 17.0 Å². The van der Waals surface area contributed by atoms with E-state index in [9.17, 15) is 23.7 Å². The fraction of sp³-hybridized carbons (Fsp3) is 0.462. The van der Waals surface area contributed by atoms with Gasteiger partial charge in [0.15, 0.2) is 0 Å². The van der Waals surface area contributed by atoms with Gasteiger partial charge in [-0.3, -0.25) is 10.1 Å². The summed E-state index contributed by atoms with van der Waals surface area (Å²) in [5, 5.41) is 13.7. The van der Waals surface area contributed by atoms with Gasteiger partial charge in [-0.2, -0.15) is 8.78 Å². The third-order valence-corrected chi connectivity index (χ3v) is 3.36. The van der Waals surface area contributed by atoms with Crippen molar-refractivity contribution in [2.75, 3.05) is 6.54 Å². The van der Waals surface area contributed by atoms with Gasteiger partial charge < -0.3 is 10.1 Å². The highest BCUT2D eigenvalue weighted by molar-refractivity contribution is 5.79. The summed E-state index contributed by atoms with van der Waals surface area (Å²) in [6, 6.07) is 4.68. The molecule has 1 aliphatic heterocycles. The smallest absolute Gasteiger partial charge is 0.377 e. The molecule has 0 bridgehead atoms. The predicted octanol–water partition coefficient (Wildman–Crippen LogP) is 1.94. The number of alkyl halides is 2. The number of nitro groups is 1. The molecule has 1 aromatic rings. The van der Waals surface area contributed by atoms with Gasteiger partial charge in [0.1, 0.15) is 6.10 Å². The number of hydrogen-bond acceptors (Lipinski definition) is 5. The molecule has 1 unspecified atom stereocenters. The summed E-state index contributed by atoms with van der Waals surface area (Å²) in [6.45, 7) is 1.97. The van der Waals surface area contributed by atoms with Crippen LogP contribution in [-0.4, -0.2) is 29.5 Å². The molecule has 0 spiro atoms. The summed E-state index contributed by atoms with van der Waals surface area (Å²) in [5.41, 5.74) is 1.22. The Hall–Kier alpha value is -2.09. The maximum Gasteiger partial charge on any atom is 0.377 e. The van der Waals surface area contributed by atoms with E-state index in [2.05, 4.69) is 10.1 Å². The molecule has 2 rings (SSSR count). The Morgan fingerprint density at radius 1 is 1.52 bits per heavy atom. The minimum atomic E-state index is -3.42. The van der Waals surface area contributed by atoms with Crippen molar-refractivity contribution in [3.8, 4) is 0 Å². The Bertz CT molecular complexity index is 577. The van der Waals surface area contributed by atoms with E-state index in [0.717, 1.165) is 0 Å². The number of nitro benzene ring substituents is 1. The topological polar surface area (TPSA) is 81.5 Å². The first-order valence-electron chi connectivity index (χ1n) is 6.34. The van der Waals surface area contributed by atoms with Crippen LogP contribution in [0.25, 0.3) is 0 Å². The van der Waals surface area contributed by atoms with Crippen molar-refractivity contribution >= 4 is 11.7 Å². The predicted molar refractivity (Wildman–Crippen MR) is 69.0 cm³/mol. The number of carbonyl (C=O) groups is 1. The fourth-order valence-electron chi connectivity index (χ4n) is 2.19. The van der Waals surface area contributed by atoms with Crippen molar-refractivity contribution in [2.45, 2.75) is 31.9 Å². The normalized spacial score (nSPS) is 20.3. The molecule has 21 heavy (non-hydrogen) atoms. The van der Waals surface area contributed by atoms with Gasteiger partial charge in [-0.05, 0) is 12.5 Å². The van der Waals surface area contributed by atoms with E-state index >= 15 is 0 Å². The second-order valence-corrected chi connectivity index (χ2v) is 4.89. The molecular formula is C13H14F2N2O4. The number of halogens is 2. The lowest BCUT2D eigenvalue weighted by molar-refractivity contribution is -0.385. The van der Waals surface area contributed by atoms with E-state index in [1.54, 1.807) is 19.1 Å². The Kier molecular flexibility index (Phi) is 4.17. The largest absolute Gasteiger partial charge is 0.456 e. The van der Waals surface area contributed by atoms with Crippen LogP contribution in [0.2, 0.25) is 0 Å². The maximum absolute atomic E-state index is 13.0. The van der Waals surface area contributed by atoms with Gasteiger partial charge in [-0.25, -0.2) is 4.79 Å². The first-order valence-corrected chi connectivity index (χ1v) is 6.34. The van der Waals surface area contributed by atoms with E-state index in [1.165, 1.54) is 6.07 Å². The molecular weight excluding hydrogens is 286 g/mol. The molecule has 1 N–H and O–H groups in total. The minimum absolute atomic E-state index is 0.00753. The summed E-state index contributed by atoms with van der Waals surface area (Å²) in [7, 11) is 0. The van der Waals surface area contributed by atoms with E-state index < -0.39 is 29.3 Å². The van der Waals surface area contributed by atoms with Gasteiger partial charge in [-0.1, -0.05) is 12.1 Å². The van der Waals surface area contributed by atoms with Gasteiger partial charge in [0.05, 0.1) is 11.3 Å². The second kappa shape index (κ2) is 5.72. The molecule has 0 saturated carbocycles. The maximum atomic E-state index is 13.0. The van der Waals surface area contributed by atoms with Crippen LogP contribution < -0.4 is 5.32 Å². The van der Waals surface area contributed by atoms with Crippen LogP contribution in [0.5, 0.6) is 0 Å². The third kappa shape index (κ3) is 3.33. The standard InChI is InChI=1S/C13H14F2N2O4/c1-8-9(3-2-4-11(8)17(19)20)6-16-7-10-5-13(14,15)12(18)21-10/h2-4,10,16H,5-7H2,1H3. The van der Waals surface area contributed by atoms with E-state index in [4.69, 9.17) is 0 Å². The zero-order valence-corrected chi connectivity index (χ0v) is 11.3. The van der Waals surface area contributed by atoms with Crippen molar-refractivity contribution in [1.29, 1.82) is 0 Å². The molecule has 1 aromatic carbocycles. The molecule has 1 saturated heterocycles. The molecule has 8 heteroatoms. The summed E-state index contributed by atoms with van der Waals surface area (Å²) < 4.78 is 30.5. The quantitative estimate of drug-likeness (QED) is 0.510. The monoisotopic (exact) mass is 300 g/mol. The number of hydrogen-bond donors (Lipinski definition) is 1. The SMILES string of the molecule is Cc1c(CNCC2CC(F)(F)C(=O)O2)cccc1[N+](=O)[O-]. The van der Waals surface area contributed by atoms with Crippen molar-refractivity contribution in [3.63, 3.8) is 0 Å². The van der Waals surface area contributed by atoms with Crippen molar-refractivity contribution in [2.24, 2.45) is 0 Å². The molecule has 0 amide bonds. The number of benzene rings is 1. The summed E-state index contributed by atoms with van der Waals surface area (Å²) in [4.78, 5) is 21.2. The van der Waals surface area contributed by atoms with Crippen LogP contribution in [0.4, 0.5) is 14.5 Å². The summed E-state index contributed by atoms with van der Waals surface area (Å²) in [6.07, 6.45) is -1.53. The molecule has 1 atom stereocenters. The molecule has 0 aliphatic carbocycles. The zero-order chi connectivity index (χ0) is 15.6. The van der Waals surface area contributed by atoms with Gasteiger partial charge in [0.25, 0.3) is 5.69 Å². The number of nitrogens with zero attached hydrogens (tertiary/aromatic N) is 1. The minimum Gasteiger partial charge on any atom is -0.456 e. The molecule has 6 nitrogen and oxygen atoms in total. The average Bonchev–Trinajstić information content (AvgIpc) is 2.64. The fourth-order valence-corrected chi connectivity index (χ4v) is 2.19. The van der Waals surface area contributed by atoms with Crippen LogP contribution in [0.1, 0.15) is 17.5 Å². The van der Waals surface area contributed by atoms with Crippen LogP contribution in [0.15, 0.2) is 18.2 Å². The van der Waals surface area contributed by atoms with Crippen LogP contribution in [-0.2, 0) is 16.1 Å². The van der Waals surface area contributed by atoms with Crippen LogP contribution in [0.3, 0.4) is 0 Å². The average molecular weight is 300 g/mol. The number of carbonyl (C=O) groups excluding carboxylic acids is 1.